The van der Waals surface area contributed by atoms with E-state index >= 15 is 0 Å². The topological polar surface area (TPSA) is 52.3 Å². The van der Waals surface area contributed by atoms with Gasteiger partial charge < -0.3 is 9.15 Å². The Kier molecular flexibility index (Phi) is 3.67. The third kappa shape index (κ3) is 2.90. The van der Waals surface area contributed by atoms with E-state index in [4.69, 9.17) is 20.8 Å². The molecule has 0 aliphatic carbocycles. The van der Waals surface area contributed by atoms with Crippen LogP contribution < -0.4 is 0 Å². The van der Waals surface area contributed by atoms with Crippen LogP contribution in [0.25, 0.3) is 0 Å². The first-order valence-corrected chi connectivity index (χ1v) is 5.78. The van der Waals surface area contributed by atoms with Gasteiger partial charge in [0.15, 0.2) is 0 Å². The van der Waals surface area contributed by atoms with E-state index in [1.165, 1.54) is 0 Å². The zero-order valence-corrected chi connectivity index (χ0v) is 10.8. The molecule has 94 valence electrons. The summed E-state index contributed by atoms with van der Waals surface area (Å²) < 4.78 is 10.4. The van der Waals surface area contributed by atoms with Crippen molar-refractivity contribution in [2.75, 3.05) is 0 Å². The van der Waals surface area contributed by atoms with E-state index in [-0.39, 0.29) is 6.61 Å². The SMILES string of the molecule is Cc1cc(C(=O)OCc2ccc(Cl)nc2)c(C)o1. The van der Waals surface area contributed by atoms with Crippen molar-refractivity contribution in [1.29, 1.82) is 0 Å². The number of hydrogen-bond acceptors (Lipinski definition) is 4. The fourth-order valence-corrected chi connectivity index (χ4v) is 1.66. The second kappa shape index (κ2) is 5.23. The summed E-state index contributed by atoms with van der Waals surface area (Å²) in [4.78, 5) is 15.7. The van der Waals surface area contributed by atoms with E-state index in [9.17, 15) is 4.79 Å². The highest BCUT2D eigenvalue weighted by atomic mass is 35.5. The van der Waals surface area contributed by atoms with Gasteiger partial charge in [0.25, 0.3) is 0 Å². The summed E-state index contributed by atoms with van der Waals surface area (Å²) in [5.41, 5.74) is 1.24. The number of carbonyl (C=O) groups excluding carboxylic acids is 1. The molecule has 0 fully saturated rings. The Bertz CT molecular complexity index is 560. The highest BCUT2D eigenvalue weighted by molar-refractivity contribution is 6.29. The molecule has 0 spiro atoms. The largest absolute Gasteiger partial charge is 0.466 e. The first-order chi connectivity index (χ1) is 8.56. The highest BCUT2D eigenvalue weighted by Crippen LogP contribution is 2.15. The number of rotatable bonds is 3. The number of aromatic nitrogens is 1. The molecule has 0 N–H and O–H groups in total. The second-order valence-corrected chi connectivity index (χ2v) is 4.28. The summed E-state index contributed by atoms with van der Waals surface area (Å²) in [5.74, 6) is 0.846. The fraction of sp³-hybridized carbons (Fsp3) is 0.231. The molecule has 0 unspecified atom stereocenters. The Morgan fingerprint density at radius 3 is 2.78 bits per heavy atom. The summed E-state index contributed by atoms with van der Waals surface area (Å²) in [5, 5.41) is 0.409. The fourth-order valence-electron chi connectivity index (χ4n) is 1.55. The van der Waals surface area contributed by atoms with Gasteiger partial charge in [-0.05, 0) is 26.0 Å². The summed E-state index contributed by atoms with van der Waals surface area (Å²) >= 11 is 5.66. The smallest absolute Gasteiger partial charge is 0.342 e. The van der Waals surface area contributed by atoms with Crippen LogP contribution in [0.3, 0.4) is 0 Å². The van der Waals surface area contributed by atoms with Gasteiger partial charge in [-0.2, -0.15) is 0 Å². The highest BCUT2D eigenvalue weighted by Gasteiger charge is 2.14. The average molecular weight is 266 g/mol. The van der Waals surface area contributed by atoms with Crippen LogP contribution in [-0.4, -0.2) is 11.0 Å². The van der Waals surface area contributed by atoms with E-state index in [1.807, 2.05) is 0 Å². The molecule has 4 nitrogen and oxygen atoms in total. The van der Waals surface area contributed by atoms with Crippen LogP contribution in [0.15, 0.2) is 28.8 Å². The predicted molar refractivity (Wildman–Crippen MR) is 66.5 cm³/mol. The van der Waals surface area contributed by atoms with Gasteiger partial charge in [-0.1, -0.05) is 17.7 Å². The lowest BCUT2D eigenvalue weighted by Gasteiger charge is -2.03. The molecule has 2 aromatic heterocycles. The molecule has 5 heteroatoms. The van der Waals surface area contributed by atoms with Crippen molar-refractivity contribution < 1.29 is 13.9 Å². The molecular formula is C13H12ClNO3. The molecule has 2 aromatic rings. The second-order valence-electron chi connectivity index (χ2n) is 3.89. The Morgan fingerprint density at radius 2 is 2.22 bits per heavy atom. The molecule has 0 radical (unpaired) electrons. The summed E-state index contributed by atoms with van der Waals surface area (Å²) in [6.45, 7) is 3.67. The Balaban J connectivity index is 2.00. The first kappa shape index (κ1) is 12.6. The maximum absolute atomic E-state index is 11.8. The number of pyridine rings is 1. The number of esters is 1. The molecule has 0 aliphatic rings. The van der Waals surface area contributed by atoms with Crippen molar-refractivity contribution >= 4 is 17.6 Å². The van der Waals surface area contributed by atoms with Crippen LogP contribution in [0, 0.1) is 13.8 Å². The quantitative estimate of drug-likeness (QED) is 0.631. The lowest BCUT2D eigenvalue weighted by atomic mass is 10.2. The molecule has 0 aliphatic heterocycles. The average Bonchev–Trinajstić information content (AvgIpc) is 2.67. The maximum atomic E-state index is 11.8. The molecule has 0 bridgehead atoms. The molecule has 0 saturated carbocycles. The van der Waals surface area contributed by atoms with Crippen molar-refractivity contribution in [1.82, 2.24) is 4.98 Å². The van der Waals surface area contributed by atoms with Crippen LogP contribution >= 0.6 is 11.6 Å². The molecule has 0 amide bonds. The van der Waals surface area contributed by atoms with Crippen molar-refractivity contribution in [3.63, 3.8) is 0 Å². The Hall–Kier alpha value is -1.81. The molecular weight excluding hydrogens is 254 g/mol. The number of carbonyl (C=O) groups is 1. The maximum Gasteiger partial charge on any atom is 0.342 e. The van der Waals surface area contributed by atoms with Gasteiger partial charge in [0.1, 0.15) is 28.8 Å². The number of aryl methyl sites for hydroxylation is 2. The minimum absolute atomic E-state index is 0.159. The van der Waals surface area contributed by atoms with Crippen LogP contribution in [0.2, 0.25) is 5.15 Å². The molecule has 2 rings (SSSR count). The van der Waals surface area contributed by atoms with Gasteiger partial charge in [-0.25, -0.2) is 9.78 Å². The Labute approximate surface area is 110 Å². The third-order valence-corrected chi connectivity index (χ3v) is 2.64. The molecule has 2 heterocycles. The van der Waals surface area contributed by atoms with Crippen LogP contribution in [0.5, 0.6) is 0 Å². The number of furan rings is 1. The van der Waals surface area contributed by atoms with Gasteiger partial charge in [0.2, 0.25) is 0 Å². The van der Waals surface area contributed by atoms with Crippen molar-refractivity contribution in [2.45, 2.75) is 20.5 Å². The lowest BCUT2D eigenvalue weighted by Crippen LogP contribution is -2.05. The molecule has 18 heavy (non-hydrogen) atoms. The van der Waals surface area contributed by atoms with Gasteiger partial charge in [0, 0.05) is 11.8 Å². The first-order valence-electron chi connectivity index (χ1n) is 5.41. The normalized spacial score (nSPS) is 10.4. The van der Waals surface area contributed by atoms with E-state index in [0.717, 1.165) is 5.56 Å². The summed E-state index contributed by atoms with van der Waals surface area (Å²) in [6.07, 6.45) is 1.57. The Morgan fingerprint density at radius 1 is 1.44 bits per heavy atom. The predicted octanol–water partition coefficient (Wildman–Crippen LogP) is 3.30. The molecule has 0 aromatic carbocycles. The molecule has 0 atom stereocenters. The van der Waals surface area contributed by atoms with Crippen LogP contribution in [-0.2, 0) is 11.3 Å². The molecule has 0 saturated heterocycles. The monoisotopic (exact) mass is 265 g/mol. The summed E-state index contributed by atoms with van der Waals surface area (Å²) in [7, 11) is 0. The minimum atomic E-state index is -0.403. The van der Waals surface area contributed by atoms with Gasteiger partial charge in [0.05, 0.1) is 0 Å². The zero-order chi connectivity index (χ0) is 13.1. The van der Waals surface area contributed by atoms with Gasteiger partial charge >= 0.3 is 5.97 Å². The summed E-state index contributed by atoms with van der Waals surface area (Å²) in [6, 6.07) is 5.08. The van der Waals surface area contributed by atoms with Gasteiger partial charge in [-0.3, -0.25) is 0 Å². The van der Waals surface area contributed by atoms with Crippen molar-refractivity contribution in [3.05, 3.63) is 52.2 Å². The minimum Gasteiger partial charge on any atom is -0.466 e. The van der Waals surface area contributed by atoms with Crippen molar-refractivity contribution in [2.24, 2.45) is 0 Å². The zero-order valence-electron chi connectivity index (χ0n) is 10.1. The standard InChI is InChI=1S/C13H12ClNO3/c1-8-5-11(9(2)18-8)13(16)17-7-10-3-4-12(14)15-6-10/h3-6H,7H2,1-2H3. The lowest BCUT2D eigenvalue weighted by molar-refractivity contribution is 0.0470. The number of ether oxygens (including phenoxy) is 1. The number of hydrogen-bond donors (Lipinski definition) is 0. The van der Waals surface area contributed by atoms with Gasteiger partial charge in [-0.15, -0.1) is 0 Å². The van der Waals surface area contributed by atoms with Crippen LogP contribution in [0.1, 0.15) is 27.4 Å². The van der Waals surface area contributed by atoms with Crippen LogP contribution in [0.4, 0.5) is 0 Å². The van der Waals surface area contributed by atoms with E-state index in [2.05, 4.69) is 4.98 Å². The van der Waals surface area contributed by atoms with E-state index in [1.54, 1.807) is 38.2 Å². The van der Waals surface area contributed by atoms with E-state index in [0.29, 0.717) is 22.2 Å². The third-order valence-electron chi connectivity index (χ3n) is 2.42. The number of nitrogens with zero attached hydrogens (tertiary/aromatic N) is 1. The van der Waals surface area contributed by atoms with E-state index < -0.39 is 5.97 Å². The van der Waals surface area contributed by atoms with Crippen molar-refractivity contribution in [3.8, 4) is 0 Å². The number of halogens is 1.